The van der Waals surface area contributed by atoms with Gasteiger partial charge in [0.05, 0.1) is 12.9 Å². The molecule has 0 atom stereocenters. The van der Waals surface area contributed by atoms with Crippen molar-refractivity contribution in [2.24, 2.45) is 4.99 Å². The normalized spacial score (nSPS) is 13.3. The molecule has 1 aromatic heterocycles. The first-order chi connectivity index (χ1) is 7.84. The summed E-state index contributed by atoms with van der Waals surface area (Å²) in [5.41, 5.74) is 3.69. The Hall–Kier alpha value is -2.03. The molecule has 0 amide bonds. The fraction of sp³-hybridized carbons (Fsp3) is 0.154. The third-order valence-electron chi connectivity index (χ3n) is 2.80. The average molecular weight is 211 g/mol. The Morgan fingerprint density at radius 2 is 2.25 bits per heavy atom. The van der Waals surface area contributed by atoms with Crippen LogP contribution >= 0.6 is 0 Å². The number of hydrogen-bond donors (Lipinski definition) is 1. The zero-order chi connectivity index (χ0) is 11.0. The van der Waals surface area contributed by atoms with Gasteiger partial charge in [-0.1, -0.05) is 12.1 Å². The van der Waals surface area contributed by atoms with Gasteiger partial charge < -0.3 is 9.88 Å². The highest BCUT2D eigenvalue weighted by molar-refractivity contribution is 5.79. The molecular weight excluding hydrogens is 198 g/mol. The smallest absolute Gasteiger partial charge is 0.120 e. The van der Waals surface area contributed by atoms with Crippen LogP contribution in [0.4, 0.5) is 5.82 Å². The van der Waals surface area contributed by atoms with E-state index in [0.29, 0.717) is 0 Å². The third kappa shape index (κ3) is 1.41. The number of benzene rings is 1. The highest BCUT2D eigenvalue weighted by Gasteiger charge is 2.11. The van der Waals surface area contributed by atoms with Crippen LogP contribution in [0.5, 0.6) is 0 Å². The van der Waals surface area contributed by atoms with Gasteiger partial charge in [-0.2, -0.15) is 0 Å². The van der Waals surface area contributed by atoms with E-state index in [2.05, 4.69) is 58.3 Å². The minimum atomic E-state index is 0.765. The van der Waals surface area contributed by atoms with E-state index in [9.17, 15) is 0 Å². The van der Waals surface area contributed by atoms with Crippen molar-refractivity contribution >= 4 is 12.2 Å². The van der Waals surface area contributed by atoms with Crippen molar-refractivity contribution in [2.75, 3.05) is 5.32 Å². The van der Waals surface area contributed by atoms with Crippen molar-refractivity contribution in [3.8, 4) is 5.69 Å². The highest BCUT2D eigenvalue weighted by atomic mass is 15.1. The molecule has 1 N–H and O–H groups in total. The molecule has 3 rings (SSSR count). The fourth-order valence-electron chi connectivity index (χ4n) is 2.01. The van der Waals surface area contributed by atoms with Gasteiger partial charge in [-0.25, -0.2) is 0 Å². The second-order valence-corrected chi connectivity index (χ2v) is 4.01. The van der Waals surface area contributed by atoms with Crippen LogP contribution in [0.3, 0.4) is 0 Å². The van der Waals surface area contributed by atoms with E-state index >= 15 is 0 Å². The summed E-state index contributed by atoms with van der Waals surface area (Å²) in [5.74, 6) is 1.13. The van der Waals surface area contributed by atoms with Gasteiger partial charge >= 0.3 is 0 Å². The highest BCUT2D eigenvalue weighted by Crippen LogP contribution is 2.24. The molecule has 0 unspecified atom stereocenters. The van der Waals surface area contributed by atoms with E-state index in [-0.39, 0.29) is 0 Å². The van der Waals surface area contributed by atoms with Crippen LogP contribution in [0.2, 0.25) is 0 Å². The number of nitrogens with one attached hydrogen (secondary N) is 1. The second kappa shape index (κ2) is 3.52. The topological polar surface area (TPSA) is 29.3 Å². The first-order valence-corrected chi connectivity index (χ1v) is 5.37. The SMILES string of the molecule is Cc1cccc(-n2ccc3c2NC=NC3)c1. The maximum Gasteiger partial charge on any atom is 0.120 e. The van der Waals surface area contributed by atoms with Crippen LogP contribution in [0.1, 0.15) is 11.1 Å². The number of anilines is 1. The molecule has 1 aliphatic heterocycles. The number of fused-ring (bicyclic) bond motifs is 1. The maximum atomic E-state index is 4.19. The molecule has 3 nitrogen and oxygen atoms in total. The summed E-state index contributed by atoms with van der Waals surface area (Å²) >= 11 is 0. The van der Waals surface area contributed by atoms with E-state index in [1.807, 2.05) is 0 Å². The first-order valence-electron chi connectivity index (χ1n) is 5.37. The Morgan fingerprint density at radius 3 is 3.12 bits per heavy atom. The summed E-state index contributed by atoms with van der Waals surface area (Å²) in [6.45, 7) is 2.87. The van der Waals surface area contributed by atoms with Gasteiger partial charge in [0.15, 0.2) is 0 Å². The summed E-state index contributed by atoms with van der Waals surface area (Å²) < 4.78 is 2.16. The number of aromatic nitrogens is 1. The number of aliphatic imine (C=N–C) groups is 1. The number of aryl methyl sites for hydroxylation is 1. The lowest BCUT2D eigenvalue weighted by molar-refractivity contribution is 1.02. The van der Waals surface area contributed by atoms with Gasteiger partial charge in [-0.15, -0.1) is 0 Å². The molecule has 0 spiro atoms. The van der Waals surface area contributed by atoms with Gasteiger partial charge in [0.25, 0.3) is 0 Å². The molecule has 2 heterocycles. The molecule has 3 heteroatoms. The van der Waals surface area contributed by atoms with Crippen molar-refractivity contribution in [3.05, 3.63) is 47.7 Å². The Kier molecular flexibility index (Phi) is 2.03. The molecule has 0 saturated heterocycles. The lowest BCUT2D eigenvalue weighted by Crippen LogP contribution is -2.08. The van der Waals surface area contributed by atoms with Gasteiger partial charge in [0.2, 0.25) is 0 Å². The number of rotatable bonds is 1. The minimum absolute atomic E-state index is 0.765. The molecule has 80 valence electrons. The van der Waals surface area contributed by atoms with Crippen LogP contribution in [0.15, 0.2) is 41.5 Å². The molecule has 0 saturated carbocycles. The van der Waals surface area contributed by atoms with Gasteiger partial charge in [-0.3, -0.25) is 4.99 Å². The van der Waals surface area contributed by atoms with Crippen LogP contribution in [-0.4, -0.2) is 10.9 Å². The van der Waals surface area contributed by atoms with E-state index in [1.165, 1.54) is 16.8 Å². The zero-order valence-electron chi connectivity index (χ0n) is 9.14. The third-order valence-corrected chi connectivity index (χ3v) is 2.80. The van der Waals surface area contributed by atoms with Gasteiger partial charge in [0.1, 0.15) is 5.82 Å². The molecule has 0 aliphatic carbocycles. The molecule has 2 aromatic rings. The minimum Gasteiger partial charge on any atom is -0.332 e. The standard InChI is InChI=1S/C13H13N3/c1-10-3-2-4-12(7-10)16-6-5-11-8-14-9-15-13(11)16/h2-7,9H,8H2,1H3,(H,14,15). The van der Waals surface area contributed by atoms with Crippen molar-refractivity contribution in [1.82, 2.24) is 4.57 Å². The largest absolute Gasteiger partial charge is 0.332 e. The monoisotopic (exact) mass is 211 g/mol. The number of nitrogens with zero attached hydrogens (tertiary/aromatic N) is 2. The van der Waals surface area contributed by atoms with E-state index in [1.54, 1.807) is 6.34 Å². The Labute approximate surface area is 94.4 Å². The molecule has 0 radical (unpaired) electrons. The van der Waals surface area contributed by atoms with Crippen molar-refractivity contribution < 1.29 is 0 Å². The molecule has 0 bridgehead atoms. The van der Waals surface area contributed by atoms with Crippen LogP contribution in [0, 0.1) is 6.92 Å². The van der Waals surface area contributed by atoms with Gasteiger partial charge in [0, 0.05) is 17.4 Å². The summed E-state index contributed by atoms with van der Waals surface area (Å²) in [7, 11) is 0. The summed E-state index contributed by atoms with van der Waals surface area (Å²) in [4.78, 5) is 4.19. The first kappa shape index (κ1) is 9.21. The van der Waals surface area contributed by atoms with Gasteiger partial charge in [-0.05, 0) is 30.7 Å². The van der Waals surface area contributed by atoms with Crippen molar-refractivity contribution in [3.63, 3.8) is 0 Å². The molecule has 1 aliphatic rings. The van der Waals surface area contributed by atoms with Crippen molar-refractivity contribution in [1.29, 1.82) is 0 Å². The van der Waals surface area contributed by atoms with E-state index in [0.717, 1.165) is 12.4 Å². The van der Waals surface area contributed by atoms with Crippen LogP contribution < -0.4 is 5.32 Å². The molecular formula is C13H13N3. The predicted octanol–water partition coefficient (Wildman–Crippen LogP) is 2.74. The quantitative estimate of drug-likeness (QED) is 0.772. The predicted molar refractivity (Wildman–Crippen MR) is 66.3 cm³/mol. The average Bonchev–Trinajstić information content (AvgIpc) is 2.72. The summed E-state index contributed by atoms with van der Waals surface area (Å²) in [5, 5.41) is 3.20. The maximum absolute atomic E-state index is 4.19. The fourth-order valence-corrected chi connectivity index (χ4v) is 2.01. The number of hydrogen-bond acceptors (Lipinski definition) is 2. The molecule has 16 heavy (non-hydrogen) atoms. The lowest BCUT2D eigenvalue weighted by atomic mass is 10.2. The zero-order valence-corrected chi connectivity index (χ0v) is 9.14. The summed E-state index contributed by atoms with van der Waals surface area (Å²) in [6, 6.07) is 10.6. The van der Waals surface area contributed by atoms with Crippen molar-refractivity contribution in [2.45, 2.75) is 13.5 Å². The lowest BCUT2D eigenvalue weighted by Gasteiger charge is -2.13. The Bertz CT molecular complexity index is 552. The second-order valence-electron chi connectivity index (χ2n) is 4.01. The van der Waals surface area contributed by atoms with E-state index < -0.39 is 0 Å². The molecule has 0 fully saturated rings. The summed E-state index contributed by atoms with van der Waals surface area (Å²) in [6.07, 6.45) is 3.84. The van der Waals surface area contributed by atoms with Crippen LogP contribution in [-0.2, 0) is 6.54 Å². The Morgan fingerprint density at radius 1 is 1.31 bits per heavy atom. The van der Waals surface area contributed by atoms with E-state index in [4.69, 9.17) is 0 Å². The van der Waals surface area contributed by atoms with Crippen LogP contribution in [0.25, 0.3) is 5.69 Å². The molecule has 1 aromatic carbocycles. The Balaban J connectivity index is 2.11.